The molecule has 2 aromatic rings. The van der Waals surface area contributed by atoms with Gasteiger partial charge >= 0.3 is 0 Å². The Labute approximate surface area is 116 Å². The molecule has 4 heteroatoms. The minimum Gasteiger partial charge on any atom is -0.309 e. The van der Waals surface area contributed by atoms with Crippen LogP contribution in [0.25, 0.3) is 0 Å². The van der Waals surface area contributed by atoms with Gasteiger partial charge in [-0.3, -0.25) is 0 Å². The van der Waals surface area contributed by atoms with Crippen LogP contribution < -0.4 is 5.73 Å². The van der Waals surface area contributed by atoms with Crippen LogP contribution in [0.2, 0.25) is 0 Å². The Hall–Kier alpha value is -1.83. The predicted molar refractivity (Wildman–Crippen MR) is 75.0 cm³/mol. The smallest absolute Gasteiger partial charge is 0.139 e. The molecule has 0 aliphatic heterocycles. The Morgan fingerprint density at radius 3 is 2.32 bits per heavy atom. The van der Waals surface area contributed by atoms with Crippen molar-refractivity contribution in [3.05, 3.63) is 66.0 Å². The molecule has 0 saturated heterocycles. The van der Waals surface area contributed by atoms with Crippen molar-refractivity contribution in [2.45, 2.75) is 10.4 Å². The number of nitriles is 1. The van der Waals surface area contributed by atoms with Gasteiger partial charge in [0.2, 0.25) is 0 Å². The summed E-state index contributed by atoms with van der Waals surface area (Å²) in [7, 11) is 0. The average molecular weight is 272 g/mol. The number of nitrogens with two attached hydrogens (primary N) is 1. The van der Waals surface area contributed by atoms with Gasteiger partial charge < -0.3 is 5.73 Å². The lowest BCUT2D eigenvalue weighted by Gasteiger charge is -2.21. The summed E-state index contributed by atoms with van der Waals surface area (Å²) < 4.78 is 12.8. The van der Waals surface area contributed by atoms with E-state index in [4.69, 9.17) is 5.73 Å². The number of nitrogens with zero attached hydrogens (tertiary/aromatic N) is 1. The fourth-order valence-corrected chi connectivity index (χ4v) is 2.60. The highest BCUT2D eigenvalue weighted by Gasteiger charge is 2.27. The molecule has 96 valence electrons. The van der Waals surface area contributed by atoms with Gasteiger partial charge in [0.25, 0.3) is 0 Å². The van der Waals surface area contributed by atoms with Gasteiger partial charge in [-0.15, -0.1) is 11.8 Å². The first-order valence-electron chi connectivity index (χ1n) is 5.78. The van der Waals surface area contributed by atoms with E-state index < -0.39 is 5.54 Å². The van der Waals surface area contributed by atoms with Gasteiger partial charge in [0.05, 0.1) is 6.07 Å². The number of rotatable bonds is 4. The molecule has 2 N–H and O–H groups in total. The van der Waals surface area contributed by atoms with E-state index in [2.05, 4.69) is 6.07 Å². The van der Waals surface area contributed by atoms with Crippen molar-refractivity contribution in [2.24, 2.45) is 5.73 Å². The highest BCUT2D eigenvalue weighted by atomic mass is 32.2. The minimum atomic E-state index is -1.04. The SMILES string of the molecule is N#CC(N)(CSc1ccc(F)cc1)c1ccccc1. The van der Waals surface area contributed by atoms with Crippen molar-refractivity contribution in [1.29, 1.82) is 5.26 Å². The maximum Gasteiger partial charge on any atom is 0.139 e. The summed E-state index contributed by atoms with van der Waals surface area (Å²) in [6.07, 6.45) is 0. The molecule has 0 saturated carbocycles. The molecule has 0 aromatic heterocycles. The summed E-state index contributed by atoms with van der Waals surface area (Å²) >= 11 is 1.44. The molecule has 0 spiro atoms. The van der Waals surface area contributed by atoms with Crippen LogP contribution in [0.5, 0.6) is 0 Å². The summed E-state index contributed by atoms with van der Waals surface area (Å²) in [6.45, 7) is 0. The third kappa shape index (κ3) is 3.34. The van der Waals surface area contributed by atoms with Crippen LogP contribution in [0.4, 0.5) is 4.39 Å². The Bertz CT molecular complexity index is 577. The van der Waals surface area contributed by atoms with Crippen LogP contribution in [0.1, 0.15) is 5.56 Å². The van der Waals surface area contributed by atoms with Crippen LogP contribution in [0, 0.1) is 17.1 Å². The summed E-state index contributed by atoms with van der Waals surface area (Å²) in [4.78, 5) is 0.891. The van der Waals surface area contributed by atoms with E-state index in [1.807, 2.05) is 30.3 Å². The number of hydrogen-bond acceptors (Lipinski definition) is 3. The van der Waals surface area contributed by atoms with Crippen molar-refractivity contribution in [1.82, 2.24) is 0 Å². The van der Waals surface area contributed by atoms with Crippen LogP contribution >= 0.6 is 11.8 Å². The van der Waals surface area contributed by atoms with E-state index in [1.54, 1.807) is 12.1 Å². The first-order chi connectivity index (χ1) is 9.14. The van der Waals surface area contributed by atoms with Gasteiger partial charge in [0.15, 0.2) is 0 Å². The van der Waals surface area contributed by atoms with E-state index in [1.165, 1.54) is 23.9 Å². The molecule has 0 heterocycles. The summed E-state index contributed by atoms with van der Waals surface area (Å²) in [5.74, 6) is 0.144. The largest absolute Gasteiger partial charge is 0.309 e. The molecule has 0 radical (unpaired) electrons. The van der Waals surface area contributed by atoms with Crippen molar-refractivity contribution < 1.29 is 4.39 Å². The number of benzene rings is 2. The Kier molecular flexibility index (Phi) is 4.20. The first-order valence-corrected chi connectivity index (χ1v) is 6.77. The first kappa shape index (κ1) is 13.6. The lowest BCUT2D eigenvalue weighted by molar-refractivity contribution is 0.626. The molecular formula is C15H13FN2S. The summed E-state index contributed by atoms with van der Waals surface area (Å²) in [6, 6.07) is 17.6. The third-order valence-electron chi connectivity index (χ3n) is 2.77. The Morgan fingerprint density at radius 1 is 1.11 bits per heavy atom. The van der Waals surface area contributed by atoms with Gasteiger partial charge in [-0.2, -0.15) is 5.26 Å². The van der Waals surface area contributed by atoms with Crippen molar-refractivity contribution >= 4 is 11.8 Å². The molecule has 2 nitrogen and oxygen atoms in total. The summed E-state index contributed by atoms with van der Waals surface area (Å²) in [5.41, 5.74) is 5.88. The fraction of sp³-hybridized carbons (Fsp3) is 0.133. The molecular weight excluding hydrogens is 259 g/mol. The zero-order chi connectivity index (χ0) is 13.7. The molecule has 1 atom stereocenters. The molecule has 2 rings (SSSR count). The van der Waals surface area contributed by atoms with Crippen molar-refractivity contribution in [2.75, 3.05) is 5.75 Å². The minimum absolute atomic E-state index is 0.272. The van der Waals surface area contributed by atoms with Gasteiger partial charge in [-0.25, -0.2) is 4.39 Å². The fourth-order valence-electron chi connectivity index (χ4n) is 1.64. The quantitative estimate of drug-likeness (QED) is 0.869. The molecule has 1 unspecified atom stereocenters. The van der Waals surface area contributed by atoms with E-state index in [9.17, 15) is 9.65 Å². The lowest BCUT2D eigenvalue weighted by atomic mass is 9.95. The van der Waals surface area contributed by atoms with E-state index in [0.717, 1.165) is 10.5 Å². The number of thioether (sulfide) groups is 1. The topological polar surface area (TPSA) is 49.8 Å². The van der Waals surface area contributed by atoms with Crippen LogP contribution in [0.15, 0.2) is 59.5 Å². The highest BCUT2D eigenvalue weighted by molar-refractivity contribution is 7.99. The Balaban J connectivity index is 2.12. The van der Waals surface area contributed by atoms with Crippen LogP contribution in [-0.4, -0.2) is 5.75 Å². The van der Waals surface area contributed by atoms with Gasteiger partial charge in [0, 0.05) is 10.6 Å². The van der Waals surface area contributed by atoms with Gasteiger partial charge in [-0.1, -0.05) is 30.3 Å². The normalized spacial score (nSPS) is 13.5. The molecule has 0 aliphatic rings. The molecule has 0 aliphatic carbocycles. The number of halogens is 1. The molecule has 19 heavy (non-hydrogen) atoms. The standard InChI is InChI=1S/C15H13FN2S/c16-13-6-8-14(9-7-13)19-11-15(18,10-17)12-4-2-1-3-5-12/h1-9H,11,18H2. The second kappa shape index (κ2) is 5.87. The van der Waals surface area contributed by atoms with Gasteiger partial charge in [-0.05, 0) is 29.8 Å². The third-order valence-corrected chi connectivity index (χ3v) is 3.97. The van der Waals surface area contributed by atoms with Crippen molar-refractivity contribution in [3.63, 3.8) is 0 Å². The highest BCUT2D eigenvalue weighted by Crippen LogP contribution is 2.27. The Morgan fingerprint density at radius 2 is 1.74 bits per heavy atom. The number of hydrogen-bond donors (Lipinski definition) is 1. The maximum absolute atomic E-state index is 12.8. The molecule has 0 bridgehead atoms. The second-order valence-corrected chi connectivity index (χ2v) is 5.24. The van der Waals surface area contributed by atoms with Crippen LogP contribution in [-0.2, 0) is 5.54 Å². The van der Waals surface area contributed by atoms with E-state index in [0.29, 0.717) is 5.75 Å². The molecule has 0 amide bonds. The monoisotopic (exact) mass is 272 g/mol. The average Bonchev–Trinajstić information content (AvgIpc) is 2.47. The maximum atomic E-state index is 12.8. The molecule has 2 aromatic carbocycles. The zero-order valence-electron chi connectivity index (χ0n) is 10.2. The van der Waals surface area contributed by atoms with E-state index in [-0.39, 0.29) is 5.82 Å². The van der Waals surface area contributed by atoms with Crippen molar-refractivity contribution in [3.8, 4) is 6.07 Å². The van der Waals surface area contributed by atoms with Gasteiger partial charge in [0.1, 0.15) is 11.4 Å². The van der Waals surface area contributed by atoms with E-state index >= 15 is 0 Å². The van der Waals surface area contributed by atoms with Crippen LogP contribution in [0.3, 0.4) is 0 Å². The predicted octanol–water partition coefficient (Wildman–Crippen LogP) is 3.30. The summed E-state index contributed by atoms with van der Waals surface area (Å²) in [5, 5.41) is 9.31. The second-order valence-electron chi connectivity index (χ2n) is 4.19. The zero-order valence-corrected chi connectivity index (χ0v) is 11.0. The lowest BCUT2D eigenvalue weighted by Crippen LogP contribution is -2.37. The molecule has 0 fully saturated rings.